The maximum Gasteiger partial charge on any atom is 0.408 e. The molecule has 0 saturated heterocycles. The number of sulfone groups is 1. The maximum atomic E-state index is 14.2. The molecule has 10 nitrogen and oxygen atoms in total. The van der Waals surface area contributed by atoms with Crippen molar-refractivity contribution in [2.75, 3.05) is 0 Å². The summed E-state index contributed by atoms with van der Waals surface area (Å²) in [6, 6.07) is 21.0. The van der Waals surface area contributed by atoms with Gasteiger partial charge in [0.1, 0.15) is 23.4 Å². The first kappa shape index (κ1) is 36.8. The van der Waals surface area contributed by atoms with E-state index >= 15 is 0 Å². The number of hydrogen-bond acceptors (Lipinski definition) is 8. The number of Topliss-reactive ketones (excluding diaryl/α,β-unsaturated/α-hetero) is 1. The van der Waals surface area contributed by atoms with Crippen LogP contribution in [0.5, 0.6) is 5.75 Å². The van der Waals surface area contributed by atoms with Crippen LogP contribution in [0, 0.1) is 17.8 Å². The van der Waals surface area contributed by atoms with Gasteiger partial charge in [0, 0.05) is 5.92 Å². The number of benzene rings is 3. The van der Waals surface area contributed by atoms with Crippen LogP contribution < -0.4 is 16.4 Å². The van der Waals surface area contributed by atoms with Gasteiger partial charge in [-0.3, -0.25) is 9.59 Å². The summed E-state index contributed by atoms with van der Waals surface area (Å²) in [7, 11) is -4.11. The number of allylic oxidation sites excluding steroid dienone is 1. The van der Waals surface area contributed by atoms with E-state index in [1.165, 1.54) is 30.3 Å². The molecule has 0 aromatic heterocycles. The number of aromatic hydroxyl groups is 1. The number of nitrogens with one attached hydrogen (secondary N) is 2. The average molecular weight is 664 g/mol. The normalized spacial score (nSPS) is 13.9. The van der Waals surface area contributed by atoms with Crippen molar-refractivity contribution in [2.45, 2.75) is 70.5 Å². The van der Waals surface area contributed by atoms with Gasteiger partial charge < -0.3 is 26.2 Å². The van der Waals surface area contributed by atoms with Gasteiger partial charge in [0.15, 0.2) is 5.78 Å². The van der Waals surface area contributed by atoms with Gasteiger partial charge in [0.2, 0.25) is 15.7 Å². The molecular weight excluding hydrogens is 618 g/mol. The Hall–Kier alpha value is -4.64. The minimum Gasteiger partial charge on any atom is -0.508 e. The highest BCUT2D eigenvalue weighted by molar-refractivity contribution is 7.95. The van der Waals surface area contributed by atoms with Gasteiger partial charge in [-0.2, -0.15) is 0 Å². The Kier molecular flexibility index (Phi) is 13.6. The van der Waals surface area contributed by atoms with E-state index in [-0.39, 0.29) is 48.4 Å². The molecular formula is C36H45N3O7S. The van der Waals surface area contributed by atoms with Crippen LogP contribution in [0.2, 0.25) is 0 Å². The molecule has 3 unspecified atom stereocenters. The van der Waals surface area contributed by atoms with Crippen LogP contribution in [0.15, 0.2) is 101 Å². The Morgan fingerprint density at radius 2 is 1.34 bits per heavy atom. The van der Waals surface area contributed by atoms with Crippen LogP contribution in [-0.2, 0) is 37.2 Å². The Bertz CT molecular complexity index is 1610. The topological polar surface area (TPSA) is 165 Å². The lowest BCUT2D eigenvalue weighted by atomic mass is 9.87. The van der Waals surface area contributed by atoms with Crippen molar-refractivity contribution in [3.63, 3.8) is 0 Å². The van der Waals surface area contributed by atoms with Gasteiger partial charge in [-0.15, -0.1) is 0 Å². The summed E-state index contributed by atoms with van der Waals surface area (Å²) in [4.78, 5) is 40.6. The van der Waals surface area contributed by atoms with Crippen LogP contribution in [0.4, 0.5) is 4.79 Å². The molecule has 11 heteroatoms. The van der Waals surface area contributed by atoms with Crippen LogP contribution in [0.3, 0.4) is 0 Å². The number of rotatable bonds is 16. The lowest BCUT2D eigenvalue weighted by Crippen LogP contribution is -2.53. The van der Waals surface area contributed by atoms with Crippen LogP contribution in [-0.4, -0.2) is 43.4 Å². The fourth-order valence-corrected chi connectivity index (χ4v) is 6.14. The summed E-state index contributed by atoms with van der Waals surface area (Å²) < 4.78 is 31.9. The molecule has 2 amide bonds. The summed E-state index contributed by atoms with van der Waals surface area (Å²) in [5.74, 6) is -2.02. The number of amides is 2. The predicted octanol–water partition coefficient (Wildman–Crippen LogP) is 5.27. The molecule has 252 valence electrons. The first-order valence-corrected chi connectivity index (χ1v) is 17.1. The molecule has 0 spiro atoms. The summed E-state index contributed by atoms with van der Waals surface area (Å²) in [6.45, 7) is 7.63. The zero-order valence-corrected chi connectivity index (χ0v) is 28.1. The van der Waals surface area contributed by atoms with E-state index in [0.717, 1.165) is 5.56 Å². The van der Waals surface area contributed by atoms with E-state index in [0.29, 0.717) is 5.56 Å². The van der Waals surface area contributed by atoms with Gasteiger partial charge in [-0.1, -0.05) is 88.4 Å². The number of carbonyl (C=O) groups is 3. The molecule has 3 rings (SSSR count). The molecule has 0 heterocycles. The highest BCUT2D eigenvalue weighted by Gasteiger charge is 2.32. The highest BCUT2D eigenvalue weighted by atomic mass is 32.2. The van der Waals surface area contributed by atoms with Crippen molar-refractivity contribution in [1.29, 1.82) is 0 Å². The van der Waals surface area contributed by atoms with Gasteiger partial charge in [0.25, 0.3) is 0 Å². The van der Waals surface area contributed by atoms with Crippen molar-refractivity contribution in [3.8, 4) is 5.75 Å². The Balaban J connectivity index is 1.89. The second-order valence-electron chi connectivity index (χ2n) is 12.3. The quantitative estimate of drug-likeness (QED) is 0.161. The summed E-state index contributed by atoms with van der Waals surface area (Å²) in [5.41, 5.74) is 7.60. The summed E-state index contributed by atoms with van der Waals surface area (Å²) in [5, 5.41) is 14.8. The van der Waals surface area contributed by atoms with Crippen molar-refractivity contribution in [1.82, 2.24) is 10.6 Å². The zero-order chi connectivity index (χ0) is 34.6. The van der Waals surface area contributed by atoms with Crippen LogP contribution in [0.1, 0.15) is 51.7 Å². The second kappa shape index (κ2) is 17.3. The number of nitrogens with two attached hydrogens (primary N) is 1. The third kappa shape index (κ3) is 11.6. The van der Waals surface area contributed by atoms with E-state index in [9.17, 15) is 27.9 Å². The average Bonchev–Trinajstić information content (AvgIpc) is 3.03. The van der Waals surface area contributed by atoms with E-state index < -0.39 is 50.7 Å². The number of ether oxygens (including phenoxy) is 1. The predicted molar refractivity (Wildman–Crippen MR) is 181 cm³/mol. The molecule has 0 aliphatic carbocycles. The molecule has 0 aliphatic rings. The van der Waals surface area contributed by atoms with Crippen LogP contribution >= 0.6 is 0 Å². The van der Waals surface area contributed by atoms with Crippen LogP contribution in [0.25, 0.3) is 0 Å². The van der Waals surface area contributed by atoms with Gasteiger partial charge in [-0.25, -0.2) is 13.2 Å². The van der Waals surface area contributed by atoms with E-state index in [1.807, 2.05) is 58.0 Å². The van der Waals surface area contributed by atoms with E-state index in [4.69, 9.17) is 10.5 Å². The number of ketones is 1. The molecule has 0 fully saturated rings. The molecule has 0 saturated carbocycles. The largest absolute Gasteiger partial charge is 0.508 e. The molecule has 0 bridgehead atoms. The lowest BCUT2D eigenvalue weighted by Gasteiger charge is -2.27. The van der Waals surface area contributed by atoms with Crippen molar-refractivity contribution in [3.05, 3.63) is 107 Å². The number of phenolic OH excluding ortho intramolecular Hbond substituents is 1. The lowest BCUT2D eigenvalue weighted by molar-refractivity contribution is -0.130. The molecule has 5 N–H and O–H groups in total. The van der Waals surface area contributed by atoms with Gasteiger partial charge in [-0.05, 0) is 72.6 Å². The number of carbonyl (C=O) groups excluding carboxylic acids is 3. The number of hydrogen-bond donors (Lipinski definition) is 4. The Morgan fingerprint density at radius 3 is 1.91 bits per heavy atom. The van der Waals surface area contributed by atoms with E-state index in [2.05, 4.69) is 10.6 Å². The molecule has 3 aromatic rings. The third-order valence-corrected chi connectivity index (χ3v) is 9.03. The minimum atomic E-state index is -4.11. The molecule has 47 heavy (non-hydrogen) atoms. The molecule has 0 aliphatic heterocycles. The fraction of sp³-hybridized carbons (Fsp3) is 0.361. The van der Waals surface area contributed by atoms with Gasteiger partial charge in [0.05, 0.1) is 10.9 Å². The number of alkyl carbamates (subject to hydrolysis) is 1. The minimum absolute atomic E-state index is 0.0154. The SMILES string of the molecule is CC(C)CC(NC(=O)OCc1ccccc1)C(=O)NC(CC(C)C)C(=O)C(C=C(N)S(=O)(=O)c1ccccc1)Cc1ccc(O)cc1. The van der Waals surface area contributed by atoms with Crippen molar-refractivity contribution < 1.29 is 32.6 Å². The maximum absolute atomic E-state index is 14.2. The molecule has 0 radical (unpaired) electrons. The number of phenols is 1. The summed E-state index contributed by atoms with van der Waals surface area (Å²) >= 11 is 0. The zero-order valence-electron chi connectivity index (χ0n) is 27.3. The van der Waals surface area contributed by atoms with Crippen molar-refractivity contribution in [2.24, 2.45) is 23.5 Å². The van der Waals surface area contributed by atoms with Crippen molar-refractivity contribution >= 4 is 27.6 Å². The molecule has 3 aromatic carbocycles. The second-order valence-corrected chi connectivity index (χ2v) is 14.3. The first-order valence-electron chi connectivity index (χ1n) is 15.6. The Morgan fingerprint density at radius 1 is 0.787 bits per heavy atom. The Labute approximate surface area is 277 Å². The van der Waals surface area contributed by atoms with Gasteiger partial charge >= 0.3 is 6.09 Å². The summed E-state index contributed by atoms with van der Waals surface area (Å²) in [6.07, 6.45) is 1.06. The van der Waals surface area contributed by atoms with E-state index in [1.54, 1.807) is 30.3 Å². The smallest absolute Gasteiger partial charge is 0.408 e. The highest BCUT2D eigenvalue weighted by Crippen LogP contribution is 2.23. The first-order chi connectivity index (χ1) is 22.3. The standard InChI is InChI=1S/C36H45N3O7S/c1-24(2)19-31(38-35(42)32(20-25(3)4)39-36(43)46-23-27-11-7-5-8-12-27)34(41)28(21-26-15-17-29(40)18-16-26)22-33(37)47(44,45)30-13-9-6-10-14-30/h5-18,22,24-25,28,31-32,40H,19-21,23,37H2,1-4H3,(H,38,42)(H,39,43). The monoisotopic (exact) mass is 663 g/mol. The fourth-order valence-electron chi connectivity index (χ4n) is 5.01. The molecule has 3 atom stereocenters. The third-order valence-electron chi connectivity index (χ3n) is 7.38.